The third kappa shape index (κ3) is 4.63. The first kappa shape index (κ1) is 22.9. The number of anilines is 3. The van der Waals surface area contributed by atoms with E-state index in [0.717, 1.165) is 84.7 Å². The van der Waals surface area contributed by atoms with Crippen molar-refractivity contribution in [2.75, 3.05) is 54.4 Å². The van der Waals surface area contributed by atoms with Crippen LogP contribution in [-0.2, 0) is 0 Å². The summed E-state index contributed by atoms with van der Waals surface area (Å²) >= 11 is 1.61. The number of hydrogen-bond acceptors (Lipinski definition) is 10. The Morgan fingerprint density at radius 2 is 1.89 bits per heavy atom. The fourth-order valence-electron chi connectivity index (χ4n) is 4.65. The van der Waals surface area contributed by atoms with Crippen LogP contribution in [0.4, 0.5) is 16.6 Å². The van der Waals surface area contributed by atoms with Crippen LogP contribution >= 0.6 is 11.3 Å². The first-order valence-corrected chi connectivity index (χ1v) is 13.2. The van der Waals surface area contributed by atoms with Gasteiger partial charge in [0.15, 0.2) is 22.3 Å². The topological polar surface area (TPSA) is 112 Å². The van der Waals surface area contributed by atoms with E-state index in [0.29, 0.717) is 11.6 Å². The van der Waals surface area contributed by atoms with Crippen molar-refractivity contribution in [3.05, 3.63) is 42.0 Å². The normalized spacial score (nSPS) is 16.5. The van der Waals surface area contributed by atoms with Crippen LogP contribution in [0, 0.1) is 6.92 Å². The predicted octanol–water partition coefficient (Wildman–Crippen LogP) is 3.70. The molecule has 0 aromatic carbocycles. The van der Waals surface area contributed by atoms with Crippen molar-refractivity contribution in [3.8, 4) is 11.5 Å². The molecule has 0 atom stereocenters. The minimum absolute atomic E-state index is 0.218. The number of piperazine rings is 1. The van der Waals surface area contributed by atoms with Crippen molar-refractivity contribution in [1.82, 2.24) is 25.3 Å². The third-order valence-electron chi connectivity index (χ3n) is 6.52. The van der Waals surface area contributed by atoms with E-state index in [1.54, 1.807) is 17.5 Å². The zero-order valence-corrected chi connectivity index (χ0v) is 21.0. The molecule has 0 bridgehead atoms. The third-order valence-corrected chi connectivity index (χ3v) is 7.58. The highest BCUT2D eigenvalue weighted by Crippen LogP contribution is 2.35. The lowest BCUT2D eigenvalue weighted by Crippen LogP contribution is -2.43. The highest BCUT2D eigenvalue weighted by atomic mass is 32.1. The molecule has 11 heteroatoms. The van der Waals surface area contributed by atoms with E-state index in [2.05, 4.69) is 30.4 Å². The number of carbonyl (C=O) groups excluding carboxylic acids is 1. The minimum Gasteiger partial charge on any atom is -0.444 e. The number of nitrogens with zero attached hydrogens (tertiary/aromatic N) is 6. The molecule has 0 aliphatic carbocycles. The Labute approximate surface area is 212 Å². The number of aryl methyl sites for hydroxylation is 1. The fraction of sp³-hybridized carbons (Fsp3) is 0.400. The van der Waals surface area contributed by atoms with E-state index in [9.17, 15) is 4.79 Å². The monoisotopic (exact) mass is 504 g/mol. The van der Waals surface area contributed by atoms with Gasteiger partial charge in [-0.25, -0.2) is 9.97 Å². The number of nitrogens with one attached hydrogen (secondary N) is 2. The molecule has 186 valence electrons. The van der Waals surface area contributed by atoms with Gasteiger partial charge in [0.25, 0.3) is 5.91 Å². The molecule has 2 aliphatic heterocycles. The van der Waals surface area contributed by atoms with E-state index in [4.69, 9.17) is 14.4 Å². The molecule has 2 N–H and O–H groups in total. The Balaban J connectivity index is 1.31. The number of piperidine rings is 1. The molecule has 6 heterocycles. The molecule has 0 unspecified atom stereocenters. The van der Waals surface area contributed by atoms with Gasteiger partial charge in [-0.15, -0.1) is 0 Å². The SMILES string of the molecule is Cc1cc(-c2nc(C(=O)Nc3cc4sc(N5CCNCC5)nc4nc3N3CCCCC3)co2)ccn1. The smallest absolute Gasteiger partial charge is 0.277 e. The number of hydrogen-bond donors (Lipinski definition) is 2. The Hall–Kier alpha value is -3.57. The summed E-state index contributed by atoms with van der Waals surface area (Å²) in [5.41, 5.74) is 3.25. The molecule has 0 saturated carbocycles. The molecule has 4 aromatic rings. The van der Waals surface area contributed by atoms with Crippen LogP contribution in [-0.4, -0.2) is 65.1 Å². The summed E-state index contributed by atoms with van der Waals surface area (Å²) in [6.45, 7) is 7.46. The zero-order chi connectivity index (χ0) is 24.5. The van der Waals surface area contributed by atoms with Crippen LogP contribution in [0.5, 0.6) is 0 Å². The van der Waals surface area contributed by atoms with Gasteiger partial charge in [-0.05, 0) is 44.4 Å². The van der Waals surface area contributed by atoms with Gasteiger partial charge in [0, 0.05) is 56.7 Å². The van der Waals surface area contributed by atoms with Gasteiger partial charge in [0.1, 0.15) is 6.26 Å². The van der Waals surface area contributed by atoms with Crippen LogP contribution in [0.3, 0.4) is 0 Å². The Morgan fingerprint density at radius 1 is 1.06 bits per heavy atom. The van der Waals surface area contributed by atoms with Gasteiger partial charge in [0.05, 0.1) is 10.4 Å². The van der Waals surface area contributed by atoms with E-state index in [1.807, 2.05) is 25.1 Å². The van der Waals surface area contributed by atoms with Crippen LogP contribution in [0.25, 0.3) is 21.8 Å². The van der Waals surface area contributed by atoms with Gasteiger partial charge >= 0.3 is 0 Å². The average Bonchev–Trinajstić information content (AvgIpc) is 3.57. The van der Waals surface area contributed by atoms with Crippen LogP contribution in [0.1, 0.15) is 35.4 Å². The summed E-state index contributed by atoms with van der Waals surface area (Å²) in [5.74, 6) is 0.821. The Morgan fingerprint density at radius 3 is 2.69 bits per heavy atom. The summed E-state index contributed by atoms with van der Waals surface area (Å²) in [6.07, 6.45) is 6.51. The van der Waals surface area contributed by atoms with Crippen molar-refractivity contribution >= 4 is 44.2 Å². The Bertz CT molecular complexity index is 1390. The van der Waals surface area contributed by atoms with E-state index < -0.39 is 0 Å². The van der Waals surface area contributed by atoms with Crippen molar-refractivity contribution < 1.29 is 9.21 Å². The number of pyridine rings is 2. The second kappa shape index (κ2) is 9.82. The van der Waals surface area contributed by atoms with E-state index in [-0.39, 0.29) is 11.6 Å². The molecule has 0 spiro atoms. The number of rotatable bonds is 5. The summed E-state index contributed by atoms with van der Waals surface area (Å²) < 4.78 is 6.56. The lowest BCUT2D eigenvalue weighted by molar-refractivity contribution is 0.102. The van der Waals surface area contributed by atoms with Crippen molar-refractivity contribution in [3.63, 3.8) is 0 Å². The molecule has 1 amide bonds. The summed E-state index contributed by atoms with van der Waals surface area (Å²) in [7, 11) is 0. The molecule has 10 nitrogen and oxygen atoms in total. The first-order valence-electron chi connectivity index (χ1n) is 12.4. The molecule has 6 rings (SSSR count). The maximum Gasteiger partial charge on any atom is 0.277 e. The summed E-state index contributed by atoms with van der Waals surface area (Å²) in [4.78, 5) is 36.2. The molecule has 2 saturated heterocycles. The quantitative estimate of drug-likeness (QED) is 0.420. The number of carbonyl (C=O) groups is 1. The number of thiazole rings is 1. The molecule has 4 aromatic heterocycles. The van der Waals surface area contributed by atoms with E-state index in [1.165, 1.54) is 12.7 Å². The first-order chi connectivity index (χ1) is 17.6. The lowest BCUT2D eigenvalue weighted by atomic mass is 10.1. The molecular formula is C25H28N8O2S. The van der Waals surface area contributed by atoms with Gasteiger partial charge < -0.3 is 24.9 Å². The highest BCUT2D eigenvalue weighted by molar-refractivity contribution is 7.22. The van der Waals surface area contributed by atoms with Crippen molar-refractivity contribution in [2.45, 2.75) is 26.2 Å². The molecule has 2 aliphatic rings. The van der Waals surface area contributed by atoms with Gasteiger partial charge in [-0.2, -0.15) is 4.98 Å². The van der Waals surface area contributed by atoms with Gasteiger partial charge in [-0.1, -0.05) is 11.3 Å². The maximum atomic E-state index is 13.2. The Kier molecular flexibility index (Phi) is 6.24. The molecular weight excluding hydrogens is 476 g/mol. The molecule has 2 fully saturated rings. The fourth-order valence-corrected chi connectivity index (χ4v) is 5.65. The van der Waals surface area contributed by atoms with E-state index >= 15 is 0 Å². The second-order valence-corrected chi connectivity index (χ2v) is 10.1. The maximum absolute atomic E-state index is 13.2. The minimum atomic E-state index is -0.331. The van der Waals surface area contributed by atoms with Crippen LogP contribution < -0.4 is 20.4 Å². The van der Waals surface area contributed by atoms with Crippen LogP contribution in [0.15, 0.2) is 35.1 Å². The summed E-state index contributed by atoms with van der Waals surface area (Å²) in [6, 6.07) is 5.69. The predicted molar refractivity (Wildman–Crippen MR) is 141 cm³/mol. The van der Waals surface area contributed by atoms with Crippen molar-refractivity contribution in [1.29, 1.82) is 0 Å². The number of oxazole rings is 1. The highest BCUT2D eigenvalue weighted by Gasteiger charge is 2.23. The number of amides is 1. The average molecular weight is 505 g/mol. The van der Waals surface area contributed by atoms with Crippen LogP contribution in [0.2, 0.25) is 0 Å². The lowest BCUT2D eigenvalue weighted by Gasteiger charge is -2.29. The standard InChI is InChI=1S/C25H28N8O2S/c1-16-13-17(5-6-27-16)24-29-19(15-35-24)23(34)28-18-14-20-21(30-22(18)32-9-3-2-4-10-32)31-25(36-20)33-11-7-26-8-12-33/h5-6,13-15,26H,2-4,7-12H2,1H3,(H,28,34). The largest absolute Gasteiger partial charge is 0.444 e. The molecule has 36 heavy (non-hydrogen) atoms. The number of fused-ring (bicyclic) bond motifs is 1. The molecule has 0 radical (unpaired) electrons. The van der Waals surface area contributed by atoms with Gasteiger partial charge in [0.2, 0.25) is 5.89 Å². The second-order valence-electron chi connectivity index (χ2n) is 9.14. The zero-order valence-electron chi connectivity index (χ0n) is 20.2. The van der Waals surface area contributed by atoms with Crippen molar-refractivity contribution in [2.24, 2.45) is 0 Å². The number of aromatic nitrogens is 4. The summed E-state index contributed by atoms with van der Waals surface area (Å²) in [5, 5.41) is 7.41. The van der Waals surface area contributed by atoms with Gasteiger partial charge in [-0.3, -0.25) is 9.78 Å².